The quantitative estimate of drug-likeness (QED) is 0.443. The zero-order chi connectivity index (χ0) is 13.5. The number of nitrogens with two attached hydrogens (primary N) is 1. The molecule has 0 saturated carbocycles. The molecule has 0 aromatic carbocycles. The van der Waals surface area contributed by atoms with Gasteiger partial charge in [0.25, 0.3) is 0 Å². The second-order valence-corrected chi connectivity index (χ2v) is 4.83. The van der Waals surface area contributed by atoms with Crippen LogP contribution in [0.4, 0.5) is 11.8 Å². The summed E-state index contributed by atoms with van der Waals surface area (Å²) in [6.07, 6.45) is 3.66. The third-order valence-electron chi connectivity index (χ3n) is 2.89. The van der Waals surface area contributed by atoms with E-state index in [0.29, 0.717) is 12.0 Å². The maximum absolute atomic E-state index is 5.39. The first-order valence-corrected chi connectivity index (χ1v) is 6.67. The van der Waals surface area contributed by atoms with Crippen LogP contribution >= 0.6 is 0 Å². The molecule has 3 N–H and O–H groups in total. The van der Waals surface area contributed by atoms with Crippen molar-refractivity contribution in [3.8, 4) is 0 Å². The van der Waals surface area contributed by atoms with Crippen LogP contribution in [0.15, 0.2) is 6.07 Å². The Kier molecular flexibility index (Phi) is 5.85. The molecule has 1 aromatic heterocycles. The summed E-state index contributed by atoms with van der Waals surface area (Å²) in [6.45, 7) is 9.55. The van der Waals surface area contributed by atoms with Crippen molar-refractivity contribution in [3.05, 3.63) is 11.8 Å². The summed E-state index contributed by atoms with van der Waals surface area (Å²) < 4.78 is 0. The molecule has 0 bridgehead atoms. The lowest BCUT2D eigenvalue weighted by atomic mass is 10.2. The van der Waals surface area contributed by atoms with Crippen molar-refractivity contribution in [2.75, 3.05) is 16.9 Å². The SMILES string of the molecule is CCCCCN(c1cc(C)nc(NN)n1)C(C)C. The van der Waals surface area contributed by atoms with Crippen LogP contribution in [0, 0.1) is 6.92 Å². The molecule has 1 rings (SSSR count). The van der Waals surface area contributed by atoms with Crippen LogP contribution in [0.25, 0.3) is 0 Å². The lowest BCUT2D eigenvalue weighted by molar-refractivity contribution is 0.619. The number of nitrogens with one attached hydrogen (secondary N) is 1. The molecule has 1 heterocycles. The molecule has 0 fully saturated rings. The highest BCUT2D eigenvalue weighted by Gasteiger charge is 2.13. The minimum absolute atomic E-state index is 0.418. The number of rotatable bonds is 7. The number of nitrogen functional groups attached to an aromatic ring is 1. The molecule has 0 radical (unpaired) electrons. The van der Waals surface area contributed by atoms with Gasteiger partial charge < -0.3 is 4.90 Å². The molecule has 0 spiro atoms. The van der Waals surface area contributed by atoms with E-state index in [1.54, 1.807) is 0 Å². The Morgan fingerprint density at radius 1 is 1.33 bits per heavy atom. The van der Waals surface area contributed by atoms with Crippen LogP contribution in [0.3, 0.4) is 0 Å². The summed E-state index contributed by atoms with van der Waals surface area (Å²) in [4.78, 5) is 10.9. The molecule has 5 heteroatoms. The van der Waals surface area contributed by atoms with Gasteiger partial charge in [0.1, 0.15) is 5.82 Å². The fourth-order valence-corrected chi connectivity index (χ4v) is 1.93. The van der Waals surface area contributed by atoms with Crippen molar-refractivity contribution >= 4 is 11.8 Å². The van der Waals surface area contributed by atoms with Gasteiger partial charge in [0.05, 0.1) is 0 Å². The fraction of sp³-hybridized carbons (Fsp3) is 0.692. The van der Waals surface area contributed by atoms with Crippen LogP contribution < -0.4 is 16.2 Å². The lowest BCUT2D eigenvalue weighted by Crippen LogP contribution is -2.33. The number of hydrogen-bond acceptors (Lipinski definition) is 5. The molecule has 0 saturated heterocycles. The normalized spacial score (nSPS) is 10.8. The maximum Gasteiger partial charge on any atom is 0.239 e. The van der Waals surface area contributed by atoms with Crippen molar-refractivity contribution in [3.63, 3.8) is 0 Å². The first kappa shape index (κ1) is 14.7. The van der Waals surface area contributed by atoms with E-state index in [1.165, 1.54) is 19.3 Å². The molecule has 0 aliphatic heterocycles. The molecular formula is C13H25N5. The van der Waals surface area contributed by atoms with Crippen LogP contribution in [-0.2, 0) is 0 Å². The number of anilines is 2. The molecule has 18 heavy (non-hydrogen) atoms. The van der Waals surface area contributed by atoms with Gasteiger partial charge in [-0.3, -0.25) is 5.43 Å². The fourth-order valence-electron chi connectivity index (χ4n) is 1.93. The third-order valence-corrected chi connectivity index (χ3v) is 2.89. The van der Waals surface area contributed by atoms with Crippen molar-refractivity contribution < 1.29 is 0 Å². The van der Waals surface area contributed by atoms with Gasteiger partial charge in [-0.15, -0.1) is 0 Å². The minimum atomic E-state index is 0.418. The van der Waals surface area contributed by atoms with E-state index in [-0.39, 0.29) is 0 Å². The summed E-state index contributed by atoms with van der Waals surface area (Å²) in [6, 6.07) is 2.43. The number of nitrogens with zero attached hydrogens (tertiary/aromatic N) is 3. The Morgan fingerprint density at radius 2 is 2.06 bits per heavy atom. The molecule has 0 amide bonds. The topological polar surface area (TPSA) is 67.1 Å². The monoisotopic (exact) mass is 251 g/mol. The Morgan fingerprint density at radius 3 is 2.61 bits per heavy atom. The molecule has 1 aromatic rings. The largest absolute Gasteiger partial charge is 0.354 e. The first-order chi connectivity index (χ1) is 8.58. The van der Waals surface area contributed by atoms with E-state index in [2.05, 4.69) is 41.1 Å². The van der Waals surface area contributed by atoms with Gasteiger partial charge in [-0.05, 0) is 27.2 Å². The van der Waals surface area contributed by atoms with Gasteiger partial charge in [0, 0.05) is 24.3 Å². The van der Waals surface area contributed by atoms with Gasteiger partial charge in [-0.1, -0.05) is 19.8 Å². The Labute approximate surface area is 110 Å². The van der Waals surface area contributed by atoms with Crippen molar-refractivity contribution in [1.29, 1.82) is 0 Å². The zero-order valence-electron chi connectivity index (χ0n) is 11.9. The Balaban J connectivity index is 2.87. The predicted octanol–water partition coefficient (Wildman–Crippen LogP) is 2.48. The minimum Gasteiger partial charge on any atom is -0.354 e. The molecule has 0 aliphatic carbocycles. The van der Waals surface area contributed by atoms with E-state index < -0.39 is 0 Å². The highest BCUT2D eigenvalue weighted by Crippen LogP contribution is 2.18. The van der Waals surface area contributed by atoms with Crippen LogP contribution in [-0.4, -0.2) is 22.6 Å². The Bertz CT molecular complexity index is 364. The number of aryl methyl sites for hydroxylation is 1. The number of aromatic nitrogens is 2. The maximum atomic E-state index is 5.39. The second-order valence-electron chi connectivity index (χ2n) is 4.83. The second kappa shape index (κ2) is 7.16. The van der Waals surface area contributed by atoms with E-state index >= 15 is 0 Å². The van der Waals surface area contributed by atoms with E-state index in [1.807, 2.05) is 13.0 Å². The highest BCUT2D eigenvalue weighted by molar-refractivity contribution is 5.45. The predicted molar refractivity (Wildman–Crippen MR) is 76.6 cm³/mol. The molecule has 0 unspecified atom stereocenters. The summed E-state index contributed by atoms with van der Waals surface area (Å²) in [5.74, 6) is 6.82. The average Bonchev–Trinajstić information content (AvgIpc) is 2.33. The third kappa shape index (κ3) is 4.14. The van der Waals surface area contributed by atoms with Crippen molar-refractivity contribution in [2.45, 2.75) is 53.0 Å². The standard InChI is InChI=1S/C13H25N5/c1-5-6-7-8-18(10(2)3)12-9-11(4)15-13(16-12)17-14/h9-10H,5-8,14H2,1-4H3,(H,15,16,17). The highest BCUT2D eigenvalue weighted by atomic mass is 15.3. The van der Waals surface area contributed by atoms with Gasteiger partial charge in [0.2, 0.25) is 5.95 Å². The van der Waals surface area contributed by atoms with Gasteiger partial charge in [-0.2, -0.15) is 4.98 Å². The molecular weight excluding hydrogens is 226 g/mol. The van der Waals surface area contributed by atoms with Gasteiger partial charge in [0.15, 0.2) is 0 Å². The summed E-state index contributed by atoms with van der Waals surface area (Å²) in [7, 11) is 0. The number of hydrazine groups is 1. The van der Waals surface area contributed by atoms with Gasteiger partial charge in [-0.25, -0.2) is 10.8 Å². The number of unbranched alkanes of at least 4 members (excludes halogenated alkanes) is 2. The molecule has 5 nitrogen and oxygen atoms in total. The molecule has 102 valence electrons. The molecule has 0 atom stereocenters. The van der Waals surface area contributed by atoms with E-state index in [4.69, 9.17) is 5.84 Å². The average molecular weight is 251 g/mol. The van der Waals surface area contributed by atoms with Crippen LogP contribution in [0.1, 0.15) is 45.7 Å². The summed E-state index contributed by atoms with van der Waals surface area (Å²) in [5, 5.41) is 0. The summed E-state index contributed by atoms with van der Waals surface area (Å²) >= 11 is 0. The number of hydrogen-bond donors (Lipinski definition) is 2. The van der Waals surface area contributed by atoms with Gasteiger partial charge >= 0.3 is 0 Å². The first-order valence-electron chi connectivity index (χ1n) is 6.67. The lowest BCUT2D eigenvalue weighted by Gasteiger charge is -2.28. The van der Waals surface area contributed by atoms with Crippen LogP contribution in [0.5, 0.6) is 0 Å². The summed E-state index contributed by atoms with van der Waals surface area (Å²) in [5.41, 5.74) is 3.45. The smallest absolute Gasteiger partial charge is 0.239 e. The molecule has 0 aliphatic rings. The van der Waals surface area contributed by atoms with Crippen LogP contribution in [0.2, 0.25) is 0 Å². The zero-order valence-corrected chi connectivity index (χ0v) is 11.9. The van der Waals surface area contributed by atoms with E-state index in [9.17, 15) is 0 Å². The van der Waals surface area contributed by atoms with Crippen molar-refractivity contribution in [2.24, 2.45) is 5.84 Å². The van der Waals surface area contributed by atoms with Crippen molar-refractivity contribution in [1.82, 2.24) is 9.97 Å². The van der Waals surface area contributed by atoms with E-state index in [0.717, 1.165) is 18.1 Å². The Hall–Kier alpha value is -1.36.